The maximum Gasteiger partial charge on any atom is 0.272 e. The number of hydrogen-bond donors (Lipinski definition) is 2. The molecular formula is C13H14ClN3O3S. The summed E-state index contributed by atoms with van der Waals surface area (Å²) in [5.74, 6) is -0.337. The van der Waals surface area contributed by atoms with Gasteiger partial charge in [-0.2, -0.15) is 0 Å². The van der Waals surface area contributed by atoms with E-state index in [4.69, 9.17) is 16.7 Å². The number of anilines is 1. The summed E-state index contributed by atoms with van der Waals surface area (Å²) in [5.41, 5.74) is 1.50. The molecule has 1 heterocycles. The molecule has 2 aromatic rings. The van der Waals surface area contributed by atoms with Gasteiger partial charge in [-0.3, -0.25) is 4.79 Å². The van der Waals surface area contributed by atoms with E-state index in [0.717, 1.165) is 0 Å². The van der Waals surface area contributed by atoms with Crippen molar-refractivity contribution >= 4 is 33.2 Å². The van der Waals surface area contributed by atoms with Crippen LogP contribution in [0.25, 0.3) is 0 Å². The number of benzene rings is 1. The quantitative estimate of drug-likeness (QED) is 0.901. The molecule has 0 saturated heterocycles. The fourth-order valence-electron chi connectivity index (χ4n) is 1.89. The van der Waals surface area contributed by atoms with E-state index in [1.54, 1.807) is 30.8 Å². The maximum absolute atomic E-state index is 12.1. The van der Waals surface area contributed by atoms with E-state index in [9.17, 15) is 13.2 Å². The van der Waals surface area contributed by atoms with Crippen molar-refractivity contribution in [2.45, 2.75) is 11.8 Å². The third kappa shape index (κ3) is 3.44. The smallest absolute Gasteiger partial charge is 0.272 e. The number of carbonyl (C=O) groups is 1. The van der Waals surface area contributed by atoms with Crippen molar-refractivity contribution in [1.29, 1.82) is 0 Å². The largest absolute Gasteiger partial charge is 0.345 e. The summed E-state index contributed by atoms with van der Waals surface area (Å²) in [6.07, 6.45) is 1.62. The zero-order valence-corrected chi connectivity index (χ0v) is 13.0. The number of nitrogens with one attached hydrogen (secondary N) is 1. The van der Waals surface area contributed by atoms with E-state index in [1.165, 1.54) is 18.2 Å². The van der Waals surface area contributed by atoms with Crippen molar-refractivity contribution in [3.8, 4) is 0 Å². The molecule has 0 bridgehead atoms. The topological polar surface area (TPSA) is 94.2 Å². The summed E-state index contributed by atoms with van der Waals surface area (Å²) in [6, 6.07) is 5.79. The number of halogens is 1. The summed E-state index contributed by atoms with van der Waals surface area (Å²) >= 11 is 5.83. The second-order valence-electron chi connectivity index (χ2n) is 4.63. The SMILES string of the molecule is Cc1cc(S(N)(=O)=O)ccc1NC(=O)c1cc(Cl)cn1C. The molecule has 6 nitrogen and oxygen atoms in total. The Kier molecular flexibility index (Phi) is 4.08. The van der Waals surface area contributed by atoms with Gasteiger partial charge in [0.1, 0.15) is 5.69 Å². The molecule has 0 fully saturated rings. The van der Waals surface area contributed by atoms with E-state index in [1.807, 2.05) is 0 Å². The van der Waals surface area contributed by atoms with Crippen LogP contribution in [0.1, 0.15) is 16.1 Å². The summed E-state index contributed by atoms with van der Waals surface area (Å²) in [5, 5.41) is 8.22. The van der Waals surface area contributed by atoms with E-state index >= 15 is 0 Å². The van der Waals surface area contributed by atoms with Crippen LogP contribution in [0, 0.1) is 6.92 Å². The van der Waals surface area contributed by atoms with Gasteiger partial charge in [-0.15, -0.1) is 0 Å². The third-order valence-electron chi connectivity index (χ3n) is 2.98. The van der Waals surface area contributed by atoms with Gasteiger partial charge in [-0.1, -0.05) is 11.6 Å². The van der Waals surface area contributed by atoms with Crippen molar-refractivity contribution in [2.24, 2.45) is 12.2 Å². The summed E-state index contributed by atoms with van der Waals surface area (Å²) < 4.78 is 24.1. The number of amides is 1. The van der Waals surface area contributed by atoms with E-state index in [0.29, 0.717) is 22.0 Å². The minimum absolute atomic E-state index is 0.0000832. The van der Waals surface area contributed by atoms with E-state index in [-0.39, 0.29) is 10.8 Å². The van der Waals surface area contributed by atoms with Crippen LogP contribution in [0.3, 0.4) is 0 Å². The molecule has 112 valence electrons. The monoisotopic (exact) mass is 327 g/mol. The van der Waals surface area contributed by atoms with Crippen LogP contribution in [-0.2, 0) is 17.1 Å². The Labute approximate surface area is 127 Å². The van der Waals surface area contributed by atoms with Crippen LogP contribution in [0.15, 0.2) is 35.4 Å². The minimum Gasteiger partial charge on any atom is -0.345 e. The first-order valence-corrected chi connectivity index (χ1v) is 7.87. The highest BCUT2D eigenvalue weighted by Crippen LogP contribution is 2.20. The van der Waals surface area contributed by atoms with Gasteiger partial charge in [-0.05, 0) is 36.8 Å². The average Bonchev–Trinajstić information content (AvgIpc) is 2.69. The highest BCUT2D eigenvalue weighted by Gasteiger charge is 2.14. The van der Waals surface area contributed by atoms with Crippen LogP contribution in [0.2, 0.25) is 5.02 Å². The highest BCUT2D eigenvalue weighted by atomic mass is 35.5. The number of carbonyl (C=O) groups excluding carboxylic acids is 1. The van der Waals surface area contributed by atoms with Gasteiger partial charge in [0.15, 0.2) is 0 Å². The van der Waals surface area contributed by atoms with Gasteiger partial charge in [0.2, 0.25) is 10.0 Å². The Morgan fingerprint density at radius 3 is 2.48 bits per heavy atom. The zero-order chi connectivity index (χ0) is 15.8. The molecule has 1 amide bonds. The molecule has 1 aromatic heterocycles. The van der Waals surface area contributed by atoms with Gasteiger partial charge >= 0.3 is 0 Å². The van der Waals surface area contributed by atoms with E-state index in [2.05, 4.69) is 5.32 Å². The number of nitrogens with zero attached hydrogens (tertiary/aromatic N) is 1. The molecule has 21 heavy (non-hydrogen) atoms. The number of primary sulfonamides is 1. The molecule has 0 unspecified atom stereocenters. The number of aryl methyl sites for hydroxylation is 2. The Bertz CT molecular complexity index is 812. The first-order valence-electron chi connectivity index (χ1n) is 5.95. The lowest BCUT2D eigenvalue weighted by Gasteiger charge is -2.10. The lowest BCUT2D eigenvalue weighted by Crippen LogP contribution is -2.17. The van der Waals surface area contributed by atoms with Crippen molar-refractivity contribution in [3.63, 3.8) is 0 Å². The first-order chi connectivity index (χ1) is 9.68. The van der Waals surface area contributed by atoms with Crippen LogP contribution in [0.4, 0.5) is 5.69 Å². The molecule has 0 spiro atoms. The van der Waals surface area contributed by atoms with Gasteiger partial charge in [0.25, 0.3) is 5.91 Å². The predicted molar refractivity (Wildman–Crippen MR) is 80.9 cm³/mol. The Morgan fingerprint density at radius 1 is 1.33 bits per heavy atom. The van der Waals surface area contributed by atoms with Crippen molar-refractivity contribution in [3.05, 3.63) is 46.7 Å². The lowest BCUT2D eigenvalue weighted by atomic mass is 10.2. The molecule has 0 radical (unpaired) electrons. The van der Waals surface area contributed by atoms with Crippen LogP contribution < -0.4 is 10.5 Å². The number of sulfonamides is 1. The van der Waals surface area contributed by atoms with Gasteiger partial charge in [-0.25, -0.2) is 13.6 Å². The zero-order valence-electron chi connectivity index (χ0n) is 11.4. The fraction of sp³-hybridized carbons (Fsp3) is 0.154. The van der Waals surface area contributed by atoms with E-state index < -0.39 is 10.0 Å². The van der Waals surface area contributed by atoms with Crippen molar-refractivity contribution < 1.29 is 13.2 Å². The Hall–Kier alpha value is -1.83. The molecule has 2 rings (SSSR count). The maximum atomic E-state index is 12.1. The Balaban J connectivity index is 2.28. The lowest BCUT2D eigenvalue weighted by molar-refractivity contribution is 0.101. The fourth-order valence-corrected chi connectivity index (χ4v) is 2.74. The Morgan fingerprint density at radius 2 is 2.00 bits per heavy atom. The second kappa shape index (κ2) is 5.51. The molecule has 8 heteroatoms. The van der Waals surface area contributed by atoms with Gasteiger partial charge in [0, 0.05) is 18.9 Å². The standard InChI is InChI=1S/C13H14ClN3O3S/c1-8-5-10(21(15,19)20)3-4-11(8)16-13(18)12-6-9(14)7-17(12)2/h3-7H,1-2H3,(H,16,18)(H2,15,19,20). The van der Waals surface area contributed by atoms with Crippen LogP contribution in [0.5, 0.6) is 0 Å². The molecule has 0 aliphatic heterocycles. The number of rotatable bonds is 3. The molecular weight excluding hydrogens is 314 g/mol. The van der Waals surface area contributed by atoms with Gasteiger partial charge in [0.05, 0.1) is 9.92 Å². The molecule has 0 aliphatic carbocycles. The summed E-state index contributed by atoms with van der Waals surface area (Å²) in [4.78, 5) is 12.1. The third-order valence-corrected chi connectivity index (χ3v) is 4.10. The molecule has 0 aliphatic rings. The molecule has 1 aromatic carbocycles. The molecule has 0 atom stereocenters. The molecule has 0 saturated carbocycles. The van der Waals surface area contributed by atoms with Gasteiger partial charge < -0.3 is 9.88 Å². The number of nitrogens with two attached hydrogens (primary N) is 1. The molecule has 3 N–H and O–H groups in total. The number of aromatic nitrogens is 1. The predicted octanol–water partition coefficient (Wildman–Crippen LogP) is 1.89. The normalized spacial score (nSPS) is 11.4. The highest BCUT2D eigenvalue weighted by molar-refractivity contribution is 7.89. The average molecular weight is 328 g/mol. The summed E-state index contributed by atoms with van der Waals surface area (Å²) in [7, 11) is -2.05. The second-order valence-corrected chi connectivity index (χ2v) is 6.63. The number of hydrogen-bond acceptors (Lipinski definition) is 3. The summed E-state index contributed by atoms with van der Waals surface area (Å²) in [6.45, 7) is 1.68. The first kappa shape index (κ1) is 15.6. The van der Waals surface area contributed by atoms with Crippen molar-refractivity contribution in [1.82, 2.24) is 4.57 Å². The van der Waals surface area contributed by atoms with Crippen LogP contribution >= 0.6 is 11.6 Å². The van der Waals surface area contributed by atoms with Crippen molar-refractivity contribution in [2.75, 3.05) is 5.32 Å². The minimum atomic E-state index is -3.76. The van der Waals surface area contributed by atoms with Crippen LogP contribution in [-0.4, -0.2) is 18.9 Å².